The van der Waals surface area contributed by atoms with Crippen LogP contribution in [-0.2, 0) is 6.42 Å². The highest BCUT2D eigenvalue weighted by Crippen LogP contribution is 2.68. The average molecular weight is 530 g/mol. The zero-order chi connectivity index (χ0) is 27.0. The summed E-state index contributed by atoms with van der Waals surface area (Å²) in [5, 5.41) is 21.3. The van der Waals surface area contributed by atoms with E-state index < -0.39 is 22.6 Å². The molecule has 2 aromatic rings. The van der Waals surface area contributed by atoms with Crippen molar-refractivity contribution in [2.45, 2.75) is 97.2 Å². The van der Waals surface area contributed by atoms with Crippen LogP contribution >= 0.6 is 0 Å². The van der Waals surface area contributed by atoms with Crippen LogP contribution in [0.3, 0.4) is 0 Å². The predicted octanol–water partition coefficient (Wildman–Crippen LogP) is 6.03. The van der Waals surface area contributed by atoms with E-state index in [4.69, 9.17) is 4.42 Å². The van der Waals surface area contributed by atoms with Gasteiger partial charge in [-0.1, -0.05) is 20.8 Å². The van der Waals surface area contributed by atoms with Gasteiger partial charge in [-0.3, -0.25) is 0 Å². The summed E-state index contributed by atoms with van der Waals surface area (Å²) in [5.74, 6) is 0.639. The normalized spacial score (nSPS) is 41.4. The van der Waals surface area contributed by atoms with Crippen LogP contribution in [0.4, 0.5) is 8.78 Å². The van der Waals surface area contributed by atoms with E-state index in [-0.39, 0.29) is 34.4 Å². The molecule has 0 saturated heterocycles. The van der Waals surface area contributed by atoms with Gasteiger partial charge in [-0.05, 0) is 116 Å². The smallest absolute Gasteiger partial charge is 0.349 e. The van der Waals surface area contributed by atoms with Gasteiger partial charge in [0.2, 0.25) is 0 Å². The maximum absolute atomic E-state index is 14.1. The van der Waals surface area contributed by atoms with Gasteiger partial charge in [-0.15, -0.1) is 0 Å². The number of hydrogen-bond acceptors (Lipinski definition) is 5. The van der Waals surface area contributed by atoms with Crippen LogP contribution in [0.5, 0.6) is 0 Å². The molecular formula is C31H41F2NO4. The number of aliphatic hydroxyl groups excluding tert-OH is 2. The van der Waals surface area contributed by atoms with Crippen molar-refractivity contribution in [1.82, 2.24) is 4.98 Å². The minimum absolute atomic E-state index is 0.127. The summed E-state index contributed by atoms with van der Waals surface area (Å²) < 4.78 is 32.9. The van der Waals surface area contributed by atoms with Crippen LogP contribution < -0.4 is 5.63 Å². The molecule has 1 aromatic carbocycles. The van der Waals surface area contributed by atoms with Gasteiger partial charge >= 0.3 is 5.63 Å². The number of fused-ring (bicyclic) bond motifs is 6. The molecule has 5 nitrogen and oxygen atoms in total. The summed E-state index contributed by atoms with van der Waals surface area (Å²) in [6.45, 7) is 7.16. The van der Waals surface area contributed by atoms with Gasteiger partial charge < -0.3 is 14.6 Å². The van der Waals surface area contributed by atoms with Gasteiger partial charge in [0.1, 0.15) is 5.39 Å². The lowest BCUT2D eigenvalue weighted by Gasteiger charge is -2.62. The highest BCUT2D eigenvalue weighted by atomic mass is 19.2. The number of benzene rings is 1. The van der Waals surface area contributed by atoms with Crippen LogP contribution in [-0.4, -0.2) is 27.4 Å². The van der Waals surface area contributed by atoms with E-state index >= 15 is 0 Å². The third kappa shape index (κ3) is 3.97. The molecule has 38 heavy (non-hydrogen) atoms. The zero-order valence-electron chi connectivity index (χ0n) is 22.8. The molecule has 4 fully saturated rings. The quantitative estimate of drug-likeness (QED) is 0.506. The Balaban J connectivity index is 1.18. The summed E-state index contributed by atoms with van der Waals surface area (Å²) in [6, 6.07) is 2.32. The first-order valence-corrected chi connectivity index (χ1v) is 14.7. The van der Waals surface area contributed by atoms with Crippen LogP contribution in [0.15, 0.2) is 21.3 Å². The third-order valence-electron chi connectivity index (χ3n) is 12.0. The molecule has 0 bridgehead atoms. The molecule has 10 atom stereocenters. The van der Waals surface area contributed by atoms with Gasteiger partial charge in [0, 0.05) is 6.42 Å². The second kappa shape index (κ2) is 9.36. The highest BCUT2D eigenvalue weighted by Gasteiger charge is 2.62. The molecule has 6 rings (SSSR count). The minimum Gasteiger partial charge on any atom is -0.408 e. The van der Waals surface area contributed by atoms with E-state index in [1.807, 2.05) is 0 Å². The molecule has 4 aliphatic rings. The number of halogens is 2. The van der Waals surface area contributed by atoms with Gasteiger partial charge in [0.05, 0.1) is 17.7 Å². The fourth-order valence-electron chi connectivity index (χ4n) is 9.98. The Labute approximate surface area is 223 Å². The molecule has 4 saturated carbocycles. The summed E-state index contributed by atoms with van der Waals surface area (Å²) in [7, 11) is 0. The first-order valence-electron chi connectivity index (χ1n) is 14.7. The second-order valence-electron chi connectivity index (χ2n) is 13.6. The van der Waals surface area contributed by atoms with Crippen LogP contribution in [0, 0.1) is 58.0 Å². The topological polar surface area (TPSA) is 83.6 Å². The monoisotopic (exact) mass is 529 g/mol. The Kier molecular flexibility index (Phi) is 6.50. The summed E-state index contributed by atoms with van der Waals surface area (Å²) in [6.07, 6.45) is 8.95. The van der Waals surface area contributed by atoms with E-state index in [9.17, 15) is 23.8 Å². The molecule has 1 aromatic heterocycles. The number of nitrogens with zero attached hydrogens (tertiary/aromatic N) is 1. The first kappa shape index (κ1) is 26.4. The van der Waals surface area contributed by atoms with Crippen LogP contribution in [0.1, 0.15) is 84.4 Å². The molecule has 4 aliphatic carbocycles. The molecule has 0 aliphatic heterocycles. The molecule has 7 heteroatoms. The lowest BCUT2D eigenvalue weighted by Crippen LogP contribution is -2.58. The first-order chi connectivity index (χ1) is 18.0. The Morgan fingerprint density at radius 2 is 1.79 bits per heavy atom. The minimum atomic E-state index is -1.21. The molecule has 1 heterocycles. The molecule has 0 amide bonds. The van der Waals surface area contributed by atoms with E-state index in [0.717, 1.165) is 57.4 Å². The Morgan fingerprint density at radius 1 is 1.05 bits per heavy atom. The Bertz CT molecular complexity index is 1280. The highest BCUT2D eigenvalue weighted by molar-refractivity contribution is 5.77. The molecule has 0 radical (unpaired) electrons. The van der Waals surface area contributed by atoms with Crippen molar-refractivity contribution in [1.29, 1.82) is 0 Å². The lowest BCUT2D eigenvalue weighted by molar-refractivity contribution is -0.174. The molecule has 0 spiro atoms. The van der Waals surface area contributed by atoms with Gasteiger partial charge in [0.25, 0.3) is 0 Å². The summed E-state index contributed by atoms with van der Waals surface area (Å²) in [5.41, 5.74) is -0.371. The SMILES string of the molecule is C[C@H](CCc1nc2ccc(F)c(F)c2c(=O)o1)[C@H]1CC[C@H]2[C@H]3C(CC[C@]12C)[C@@]1(C)CC[C@@H](O)C[C@H]1C[C@H]3O. The van der Waals surface area contributed by atoms with Gasteiger partial charge in [-0.25, -0.2) is 18.6 Å². The molecule has 1 unspecified atom stereocenters. The van der Waals surface area contributed by atoms with E-state index in [0.29, 0.717) is 41.9 Å². The van der Waals surface area contributed by atoms with E-state index in [1.165, 1.54) is 12.5 Å². The number of aryl methyl sites for hydroxylation is 1. The lowest BCUT2D eigenvalue weighted by atomic mass is 9.43. The standard InChI is InChI=1S/C31H41F2NO4/c1-16(4-9-25-34-23-8-7-22(32)28(33)27(23)29(37)38-25)19-5-6-20-26-21(11-13-31(19,20)3)30(2)12-10-18(35)14-17(30)15-24(26)36/h7-8,16-21,24,26,35-36H,4-6,9-15H2,1-3H3/t16-,17+,18-,19-,20+,21?,24-,26+,30+,31-/m1/s1. The van der Waals surface area contributed by atoms with Crippen molar-refractivity contribution in [3.8, 4) is 0 Å². The number of hydrogen-bond donors (Lipinski definition) is 2. The van der Waals surface area contributed by atoms with E-state index in [1.54, 1.807) is 0 Å². The van der Waals surface area contributed by atoms with Crippen LogP contribution in [0.25, 0.3) is 10.9 Å². The summed E-state index contributed by atoms with van der Waals surface area (Å²) in [4.78, 5) is 16.7. The predicted molar refractivity (Wildman–Crippen MR) is 140 cm³/mol. The van der Waals surface area contributed by atoms with Gasteiger partial charge in [-0.2, -0.15) is 0 Å². The van der Waals surface area contributed by atoms with Crippen molar-refractivity contribution >= 4 is 10.9 Å². The number of aliphatic hydroxyl groups is 2. The zero-order valence-corrected chi connectivity index (χ0v) is 22.8. The second-order valence-corrected chi connectivity index (χ2v) is 13.6. The van der Waals surface area contributed by atoms with Crippen molar-refractivity contribution in [2.24, 2.45) is 46.3 Å². The van der Waals surface area contributed by atoms with E-state index in [2.05, 4.69) is 25.8 Å². The number of rotatable bonds is 4. The third-order valence-corrected chi connectivity index (χ3v) is 12.0. The average Bonchev–Trinajstić information content (AvgIpc) is 3.23. The fraction of sp³-hybridized carbons (Fsp3) is 0.742. The van der Waals surface area contributed by atoms with Crippen molar-refractivity contribution in [3.63, 3.8) is 0 Å². The largest absolute Gasteiger partial charge is 0.408 e. The maximum Gasteiger partial charge on any atom is 0.349 e. The van der Waals surface area contributed by atoms with Crippen molar-refractivity contribution in [2.75, 3.05) is 0 Å². The van der Waals surface area contributed by atoms with Gasteiger partial charge in [0.15, 0.2) is 17.5 Å². The van der Waals surface area contributed by atoms with Crippen molar-refractivity contribution in [3.05, 3.63) is 40.1 Å². The fourth-order valence-corrected chi connectivity index (χ4v) is 9.98. The number of aromatic nitrogens is 1. The van der Waals surface area contributed by atoms with Crippen LogP contribution in [0.2, 0.25) is 0 Å². The Morgan fingerprint density at radius 3 is 2.58 bits per heavy atom. The molecule has 2 N–H and O–H groups in total. The van der Waals surface area contributed by atoms with Crippen molar-refractivity contribution < 1.29 is 23.4 Å². The molecular weight excluding hydrogens is 488 g/mol. The Hall–Kier alpha value is -1.86. The summed E-state index contributed by atoms with van der Waals surface area (Å²) >= 11 is 0. The molecule has 208 valence electrons. The maximum atomic E-state index is 14.1.